The van der Waals surface area contributed by atoms with Gasteiger partial charge in [0.2, 0.25) is 0 Å². The first-order valence-electron chi connectivity index (χ1n) is 3.20. The molecule has 0 aromatic carbocycles. The molecule has 4 heteroatoms. The van der Waals surface area contributed by atoms with Gasteiger partial charge in [-0.1, -0.05) is 0 Å². The number of esters is 1. The number of aliphatic hydroxyl groups excluding tert-OH is 1. The maximum Gasteiger partial charge on any atom is 0.337 e. The third kappa shape index (κ3) is 1.68. The van der Waals surface area contributed by atoms with Crippen LogP contribution in [-0.4, -0.2) is 30.1 Å². The van der Waals surface area contributed by atoms with Crippen molar-refractivity contribution in [2.75, 3.05) is 6.61 Å². The van der Waals surface area contributed by atoms with Crippen molar-refractivity contribution in [1.82, 2.24) is 0 Å². The number of hydrogen-bond acceptors (Lipinski definition) is 4. The summed E-state index contributed by atoms with van der Waals surface area (Å²) < 4.78 is 9.25. The number of rotatable bonds is 2. The number of carbonyl (C=O) groups is 1. The lowest BCUT2D eigenvalue weighted by Gasteiger charge is -2.24. The largest absolute Gasteiger partial charge is 0.434 e. The number of ether oxygens (including phenoxy) is 2. The van der Waals surface area contributed by atoms with Crippen molar-refractivity contribution in [2.24, 2.45) is 0 Å². The second-order valence-electron chi connectivity index (χ2n) is 2.18. The fourth-order valence-electron chi connectivity index (χ4n) is 0.666. The van der Waals surface area contributed by atoms with E-state index in [0.717, 1.165) is 0 Å². The predicted octanol–water partition coefficient (Wildman–Crippen LogP) is -0.343. The van der Waals surface area contributed by atoms with E-state index < -0.39 is 18.4 Å². The van der Waals surface area contributed by atoms with Crippen LogP contribution in [0, 0.1) is 0 Å². The van der Waals surface area contributed by atoms with Crippen molar-refractivity contribution in [2.45, 2.75) is 25.7 Å². The highest BCUT2D eigenvalue weighted by atomic mass is 16.7. The molecule has 58 valence electrons. The first kappa shape index (κ1) is 7.50. The summed E-state index contributed by atoms with van der Waals surface area (Å²) in [4.78, 5) is 10.7. The fourth-order valence-corrected chi connectivity index (χ4v) is 0.666. The van der Waals surface area contributed by atoms with Crippen molar-refractivity contribution in [3.05, 3.63) is 0 Å². The third-order valence-electron chi connectivity index (χ3n) is 1.25. The first-order chi connectivity index (χ1) is 4.70. The van der Waals surface area contributed by atoms with Gasteiger partial charge in [-0.15, -0.1) is 0 Å². The summed E-state index contributed by atoms with van der Waals surface area (Å²) in [6.45, 7) is 2.00. The Morgan fingerprint density at radius 1 is 1.90 bits per heavy atom. The van der Waals surface area contributed by atoms with E-state index in [2.05, 4.69) is 4.74 Å². The average Bonchev–Trinajstić information content (AvgIpc) is 1.55. The fraction of sp³-hybridized carbons (Fsp3) is 0.833. The summed E-state index contributed by atoms with van der Waals surface area (Å²) in [5.41, 5.74) is 0. The summed E-state index contributed by atoms with van der Waals surface area (Å²) in [6.07, 6.45) is -0.766. The molecule has 0 aromatic heterocycles. The molecular weight excluding hydrogens is 136 g/mol. The van der Waals surface area contributed by atoms with E-state index in [4.69, 9.17) is 9.84 Å². The lowest BCUT2D eigenvalue weighted by atomic mass is 10.2. The lowest BCUT2D eigenvalue weighted by molar-refractivity contribution is -0.189. The maximum atomic E-state index is 10.7. The second-order valence-corrected chi connectivity index (χ2v) is 2.18. The minimum atomic E-state index is -1.03. The smallest absolute Gasteiger partial charge is 0.337 e. The van der Waals surface area contributed by atoms with Crippen molar-refractivity contribution in [3.63, 3.8) is 0 Å². The van der Waals surface area contributed by atoms with Gasteiger partial charge in [0.25, 0.3) is 0 Å². The molecule has 0 radical (unpaired) electrons. The molecule has 2 atom stereocenters. The highest BCUT2D eigenvalue weighted by Crippen LogP contribution is 2.12. The van der Waals surface area contributed by atoms with Crippen LogP contribution in [0.2, 0.25) is 0 Å². The highest BCUT2D eigenvalue weighted by Gasteiger charge is 2.28. The molecule has 1 fully saturated rings. The molecule has 2 unspecified atom stereocenters. The van der Waals surface area contributed by atoms with Crippen LogP contribution in [0.5, 0.6) is 0 Å². The Labute approximate surface area is 58.7 Å². The van der Waals surface area contributed by atoms with E-state index in [1.807, 2.05) is 0 Å². The monoisotopic (exact) mass is 146 g/mol. The zero-order chi connectivity index (χ0) is 7.56. The average molecular weight is 146 g/mol. The van der Waals surface area contributed by atoms with Crippen LogP contribution < -0.4 is 0 Å². The number of carbonyl (C=O) groups excluding carboxylic acids is 1. The van der Waals surface area contributed by atoms with Gasteiger partial charge in [-0.25, -0.2) is 4.79 Å². The number of hydrogen-bond donors (Lipinski definition) is 1. The van der Waals surface area contributed by atoms with Crippen molar-refractivity contribution in [1.29, 1.82) is 0 Å². The summed E-state index contributed by atoms with van der Waals surface area (Å²) >= 11 is 0. The van der Waals surface area contributed by atoms with Crippen LogP contribution in [0.4, 0.5) is 0 Å². The molecule has 4 nitrogen and oxygen atoms in total. The molecule has 1 heterocycles. The first-order valence-corrected chi connectivity index (χ1v) is 3.20. The van der Waals surface area contributed by atoms with Crippen molar-refractivity contribution >= 4 is 5.97 Å². The molecule has 1 aliphatic rings. The van der Waals surface area contributed by atoms with Gasteiger partial charge in [0, 0.05) is 6.42 Å². The van der Waals surface area contributed by atoms with Gasteiger partial charge in [-0.3, -0.25) is 0 Å². The van der Waals surface area contributed by atoms with Gasteiger partial charge >= 0.3 is 5.97 Å². The molecule has 0 spiro atoms. The zero-order valence-electron chi connectivity index (χ0n) is 5.74. The van der Waals surface area contributed by atoms with E-state index in [1.54, 1.807) is 0 Å². The Hall–Kier alpha value is -0.610. The number of aliphatic hydroxyl groups is 1. The quantitative estimate of drug-likeness (QED) is 0.427. The molecule has 0 saturated carbocycles. The Morgan fingerprint density at radius 2 is 2.50 bits per heavy atom. The van der Waals surface area contributed by atoms with Gasteiger partial charge in [0.1, 0.15) is 0 Å². The van der Waals surface area contributed by atoms with Crippen molar-refractivity contribution < 1.29 is 19.4 Å². The van der Waals surface area contributed by atoms with Crippen LogP contribution in [0.25, 0.3) is 0 Å². The van der Waals surface area contributed by atoms with Crippen LogP contribution in [0.15, 0.2) is 0 Å². The molecule has 10 heavy (non-hydrogen) atoms. The summed E-state index contributed by atoms with van der Waals surface area (Å²) in [5, 5.41) is 8.59. The molecule has 0 amide bonds. The van der Waals surface area contributed by atoms with Gasteiger partial charge in [0.15, 0.2) is 12.4 Å². The summed E-state index contributed by atoms with van der Waals surface area (Å²) in [5.74, 6) is -0.471. The molecular formula is C6H10O4. The Balaban J connectivity index is 2.20. The molecule has 1 rings (SSSR count). The lowest BCUT2D eigenvalue weighted by Crippen LogP contribution is -2.37. The molecule has 0 aromatic rings. The second kappa shape index (κ2) is 2.98. The Bertz CT molecular complexity index is 128. The standard InChI is InChI=1S/C6H10O4/c1-4(7)10-6(8)5-2-3-9-5/h4-5,7H,2-3H2,1H3. The van der Waals surface area contributed by atoms with Crippen LogP contribution in [0.1, 0.15) is 13.3 Å². The van der Waals surface area contributed by atoms with Gasteiger partial charge in [0.05, 0.1) is 6.61 Å². The summed E-state index contributed by atoms with van der Waals surface area (Å²) in [7, 11) is 0. The third-order valence-corrected chi connectivity index (χ3v) is 1.25. The van der Waals surface area contributed by atoms with E-state index >= 15 is 0 Å². The highest BCUT2D eigenvalue weighted by molar-refractivity contribution is 5.75. The van der Waals surface area contributed by atoms with E-state index in [9.17, 15) is 4.79 Å². The van der Waals surface area contributed by atoms with E-state index in [0.29, 0.717) is 13.0 Å². The normalized spacial score (nSPS) is 26.8. The van der Waals surface area contributed by atoms with Gasteiger partial charge < -0.3 is 14.6 Å². The van der Waals surface area contributed by atoms with Crippen molar-refractivity contribution in [3.8, 4) is 0 Å². The van der Waals surface area contributed by atoms with E-state index in [-0.39, 0.29) is 0 Å². The minimum Gasteiger partial charge on any atom is -0.434 e. The van der Waals surface area contributed by atoms with E-state index in [1.165, 1.54) is 6.92 Å². The summed E-state index contributed by atoms with van der Waals surface area (Å²) in [6, 6.07) is 0. The van der Waals surface area contributed by atoms with Crippen LogP contribution >= 0.6 is 0 Å². The minimum absolute atomic E-state index is 0.436. The molecule has 0 aliphatic carbocycles. The Morgan fingerprint density at radius 3 is 2.80 bits per heavy atom. The van der Waals surface area contributed by atoms with Crippen LogP contribution in [-0.2, 0) is 14.3 Å². The maximum absolute atomic E-state index is 10.7. The molecule has 1 N–H and O–H groups in total. The molecule has 1 saturated heterocycles. The van der Waals surface area contributed by atoms with Gasteiger partial charge in [-0.05, 0) is 6.92 Å². The SMILES string of the molecule is CC(O)OC(=O)C1CCO1. The zero-order valence-corrected chi connectivity index (χ0v) is 5.74. The molecule has 1 aliphatic heterocycles. The van der Waals surface area contributed by atoms with Gasteiger partial charge in [-0.2, -0.15) is 0 Å². The predicted molar refractivity (Wildman–Crippen MR) is 32.1 cm³/mol. The van der Waals surface area contributed by atoms with Crippen LogP contribution in [0.3, 0.4) is 0 Å². The Kier molecular flexibility index (Phi) is 2.24. The molecule has 0 bridgehead atoms. The topological polar surface area (TPSA) is 55.8 Å².